The number of para-hydroxylation sites is 2. The second-order valence-electron chi connectivity index (χ2n) is 8.14. The van der Waals surface area contributed by atoms with Crippen LogP contribution < -0.4 is 20.5 Å². The second-order valence-corrected chi connectivity index (χ2v) is 8.14. The summed E-state index contributed by atoms with van der Waals surface area (Å²) >= 11 is 0. The van der Waals surface area contributed by atoms with Crippen LogP contribution in [-0.2, 0) is 0 Å². The minimum absolute atomic E-state index is 0.127. The predicted octanol–water partition coefficient (Wildman–Crippen LogP) is 4.63. The Balaban J connectivity index is 1.63. The fraction of sp³-hybridized carbons (Fsp3) is 0.111. The number of aromatic nitrogens is 3. The lowest BCUT2D eigenvalue weighted by molar-refractivity contribution is 0.102. The maximum absolute atomic E-state index is 13.4. The third kappa shape index (κ3) is 4.18. The number of anilines is 2. The number of hydrogen-bond donors (Lipinski definition) is 2. The molecule has 180 valence electrons. The summed E-state index contributed by atoms with van der Waals surface area (Å²) in [5.41, 5.74) is 11.2. The van der Waals surface area contributed by atoms with Gasteiger partial charge < -0.3 is 20.5 Å². The molecule has 3 N–H and O–H groups in total. The standard InChI is InChI=1S/C27H24N6O3/c1-16-8-11-18(12-9-16)30-27(34)23-24-26(32-20-7-5-4-6-19(20)31-24)33(25(23)28)29-15-17-10-13-21(35-2)22(14-17)36-3/h4-15H,28H2,1-3H3,(H,30,34)/b29-15+. The van der Waals surface area contributed by atoms with E-state index in [4.69, 9.17) is 25.2 Å². The lowest BCUT2D eigenvalue weighted by atomic mass is 10.2. The van der Waals surface area contributed by atoms with Gasteiger partial charge in [0.1, 0.15) is 16.9 Å². The van der Waals surface area contributed by atoms with Crippen molar-refractivity contribution in [2.45, 2.75) is 6.92 Å². The van der Waals surface area contributed by atoms with Crippen molar-refractivity contribution < 1.29 is 14.3 Å². The zero-order valence-electron chi connectivity index (χ0n) is 20.0. The normalized spacial score (nSPS) is 11.3. The third-order valence-corrected chi connectivity index (χ3v) is 5.74. The Hall–Kier alpha value is -4.92. The molecule has 5 rings (SSSR count). The SMILES string of the molecule is COc1ccc(/C=N/n2c(N)c(C(=O)Nc3ccc(C)cc3)c3nc4ccccc4nc32)cc1OC. The van der Waals surface area contributed by atoms with Gasteiger partial charge in [0.15, 0.2) is 17.1 Å². The van der Waals surface area contributed by atoms with Gasteiger partial charge in [0.05, 0.1) is 31.5 Å². The highest BCUT2D eigenvalue weighted by molar-refractivity contribution is 6.16. The molecular weight excluding hydrogens is 456 g/mol. The molecular formula is C27H24N6O3. The van der Waals surface area contributed by atoms with Gasteiger partial charge in [-0.05, 0) is 55.0 Å². The van der Waals surface area contributed by atoms with E-state index in [1.54, 1.807) is 32.6 Å². The molecule has 0 bridgehead atoms. The number of carbonyl (C=O) groups is 1. The molecule has 9 nitrogen and oxygen atoms in total. The van der Waals surface area contributed by atoms with E-state index in [1.807, 2.05) is 61.5 Å². The van der Waals surface area contributed by atoms with Crippen LogP contribution in [0.25, 0.3) is 22.2 Å². The molecule has 1 amide bonds. The van der Waals surface area contributed by atoms with Crippen molar-refractivity contribution in [1.29, 1.82) is 0 Å². The molecule has 5 aromatic rings. The number of nitrogens with zero attached hydrogens (tertiary/aromatic N) is 4. The number of carbonyl (C=O) groups excluding carboxylic acids is 1. The smallest absolute Gasteiger partial charge is 0.261 e. The highest BCUT2D eigenvalue weighted by atomic mass is 16.5. The number of nitrogens with two attached hydrogens (primary N) is 1. The maximum Gasteiger partial charge on any atom is 0.261 e. The largest absolute Gasteiger partial charge is 0.493 e. The quantitative estimate of drug-likeness (QED) is 0.342. The lowest BCUT2D eigenvalue weighted by Crippen LogP contribution is -2.14. The molecule has 9 heteroatoms. The average Bonchev–Trinajstić information content (AvgIpc) is 3.17. The molecule has 0 aliphatic carbocycles. The van der Waals surface area contributed by atoms with Crippen LogP contribution >= 0.6 is 0 Å². The van der Waals surface area contributed by atoms with E-state index in [2.05, 4.69) is 10.4 Å². The summed E-state index contributed by atoms with van der Waals surface area (Å²) in [5, 5.41) is 7.45. The molecule has 0 unspecified atom stereocenters. The van der Waals surface area contributed by atoms with Crippen LogP contribution in [0.5, 0.6) is 11.5 Å². The van der Waals surface area contributed by atoms with Crippen LogP contribution in [0.1, 0.15) is 21.5 Å². The number of aryl methyl sites for hydroxylation is 1. The van der Waals surface area contributed by atoms with Crippen molar-refractivity contribution in [3.63, 3.8) is 0 Å². The van der Waals surface area contributed by atoms with Crippen molar-refractivity contribution in [2.24, 2.45) is 5.10 Å². The van der Waals surface area contributed by atoms with Crippen molar-refractivity contribution in [3.05, 3.63) is 83.4 Å². The Kier molecular flexibility index (Phi) is 5.95. The lowest BCUT2D eigenvalue weighted by Gasteiger charge is -2.07. The molecule has 36 heavy (non-hydrogen) atoms. The zero-order chi connectivity index (χ0) is 25.2. The van der Waals surface area contributed by atoms with Gasteiger partial charge in [0, 0.05) is 5.69 Å². The first kappa shape index (κ1) is 22.9. The number of ether oxygens (including phenoxy) is 2. The van der Waals surface area contributed by atoms with Crippen LogP contribution in [0.15, 0.2) is 71.8 Å². The Morgan fingerprint density at radius 1 is 0.972 bits per heavy atom. The Morgan fingerprint density at radius 3 is 2.36 bits per heavy atom. The number of nitrogen functional groups attached to an aromatic ring is 1. The average molecular weight is 481 g/mol. The molecule has 0 radical (unpaired) electrons. The summed E-state index contributed by atoms with van der Waals surface area (Å²) in [7, 11) is 3.14. The number of hydrogen-bond acceptors (Lipinski definition) is 7. The van der Waals surface area contributed by atoms with E-state index >= 15 is 0 Å². The van der Waals surface area contributed by atoms with Crippen molar-refractivity contribution in [2.75, 3.05) is 25.3 Å². The van der Waals surface area contributed by atoms with Gasteiger partial charge in [0.25, 0.3) is 5.91 Å². The molecule has 0 atom stereocenters. The van der Waals surface area contributed by atoms with E-state index in [0.29, 0.717) is 39.4 Å². The number of fused-ring (bicyclic) bond motifs is 2. The second kappa shape index (κ2) is 9.38. The predicted molar refractivity (Wildman–Crippen MR) is 141 cm³/mol. The van der Waals surface area contributed by atoms with Crippen LogP contribution in [0, 0.1) is 6.92 Å². The molecule has 0 saturated carbocycles. The summed E-state index contributed by atoms with van der Waals surface area (Å²) in [5.74, 6) is 0.899. The molecule has 2 heterocycles. The highest BCUT2D eigenvalue weighted by Gasteiger charge is 2.24. The van der Waals surface area contributed by atoms with Crippen molar-refractivity contribution in [3.8, 4) is 11.5 Å². The summed E-state index contributed by atoms with van der Waals surface area (Å²) < 4.78 is 12.1. The van der Waals surface area contributed by atoms with Gasteiger partial charge in [-0.2, -0.15) is 9.78 Å². The summed E-state index contributed by atoms with van der Waals surface area (Å²) in [6.07, 6.45) is 1.61. The minimum atomic E-state index is -0.397. The molecule has 2 aromatic heterocycles. The highest BCUT2D eigenvalue weighted by Crippen LogP contribution is 2.30. The van der Waals surface area contributed by atoms with Crippen molar-refractivity contribution in [1.82, 2.24) is 14.6 Å². The molecule has 0 saturated heterocycles. The van der Waals surface area contributed by atoms with E-state index in [-0.39, 0.29) is 11.4 Å². The number of nitrogens with one attached hydrogen (secondary N) is 1. The van der Waals surface area contributed by atoms with Crippen LogP contribution in [0.4, 0.5) is 11.5 Å². The fourth-order valence-corrected chi connectivity index (χ4v) is 3.88. The molecule has 3 aromatic carbocycles. The number of rotatable bonds is 6. The fourth-order valence-electron chi connectivity index (χ4n) is 3.88. The van der Waals surface area contributed by atoms with Crippen LogP contribution in [0.2, 0.25) is 0 Å². The first-order chi connectivity index (χ1) is 17.5. The molecule has 0 fully saturated rings. The zero-order valence-corrected chi connectivity index (χ0v) is 20.0. The van der Waals surface area contributed by atoms with Crippen molar-refractivity contribution >= 4 is 45.8 Å². The Morgan fingerprint density at radius 2 is 1.67 bits per heavy atom. The number of amides is 1. The minimum Gasteiger partial charge on any atom is -0.493 e. The van der Waals surface area contributed by atoms with E-state index in [9.17, 15) is 4.79 Å². The Bertz CT molecular complexity index is 1620. The van der Waals surface area contributed by atoms with Crippen LogP contribution in [-0.4, -0.2) is 41.0 Å². The summed E-state index contributed by atoms with van der Waals surface area (Å²) in [4.78, 5) is 22.8. The summed E-state index contributed by atoms with van der Waals surface area (Å²) in [6.45, 7) is 1.98. The van der Waals surface area contributed by atoms with E-state index in [0.717, 1.165) is 11.1 Å². The van der Waals surface area contributed by atoms with Gasteiger partial charge in [-0.15, -0.1) is 0 Å². The van der Waals surface area contributed by atoms with Gasteiger partial charge in [-0.25, -0.2) is 9.97 Å². The Labute approximate surface area is 207 Å². The van der Waals surface area contributed by atoms with Gasteiger partial charge in [-0.3, -0.25) is 4.79 Å². The summed E-state index contributed by atoms with van der Waals surface area (Å²) in [6, 6.07) is 20.3. The van der Waals surface area contributed by atoms with Crippen LogP contribution in [0.3, 0.4) is 0 Å². The maximum atomic E-state index is 13.4. The number of methoxy groups -OCH3 is 2. The monoisotopic (exact) mass is 480 g/mol. The van der Waals surface area contributed by atoms with E-state index in [1.165, 1.54) is 4.68 Å². The van der Waals surface area contributed by atoms with Gasteiger partial charge in [-0.1, -0.05) is 29.8 Å². The first-order valence-electron chi connectivity index (χ1n) is 11.2. The first-order valence-corrected chi connectivity index (χ1v) is 11.2. The third-order valence-electron chi connectivity index (χ3n) is 5.74. The van der Waals surface area contributed by atoms with E-state index < -0.39 is 5.91 Å². The topological polar surface area (TPSA) is 117 Å². The van der Waals surface area contributed by atoms with Gasteiger partial charge in [0.2, 0.25) is 0 Å². The van der Waals surface area contributed by atoms with Gasteiger partial charge >= 0.3 is 0 Å². The molecule has 0 aliphatic heterocycles. The number of benzene rings is 3. The molecule has 0 spiro atoms. The molecule has 0 aliphatic rings.